The standard InChI is InChI=1S/C18H32N4O/c1-17(2,3)20-14-8-9-15(19-16(14)23-7)21-10-12-22(13-11-21)18(4,5)6/h8-9,20H,10-13H2,1-7H3. The molecule has 130 valence electrons. The van der Waals surface area contributed by atoms with E-state index >= 15 is 0 Å². The predicted molar refractivity (Wildman–Crippen MR) is 97.7 cm³/mol. The van der Waals surface area contributed by atoms with Crippen molar-refractivity contribution in [3.63, 3.8) is 0 Å². The van der Waals surface area contributed by atoms with E-state index in [1.165, 1.54) is 0 Å². The molecular formula is C18H32N4O. The molecule has 1 aromatic rings. The van der Waals surface area contributed by atoms with Crippen LogP contribution in [0.4, 0.5) is 11.5 Å². The zero-order valence-corrected chi connectivity index (χ0v) is 15.7. The fourth-order valence-electron chi connectivity index (χ4n) is 2.87. The fourth-order valence-corrected chi connectivity index (χ4v) is 2.87. The number of anilines is 2. The first-order chi connectivity index (χ1) is 10.6. The third-order valence-corrected chi connectivity index (χ3v) is 4.10. The average Bonchev–Trinajstić information content (AvgIpc) is 2.45. The molecule has 1 fully saturated rings. The summed E-state index contributed by atoms with van der Waals surface area (Å²) in [6.07, 6.45) is 0. The van der Waals surface area contributed by atoms with Gasteiger partial charge in [0.1, 0.15) is 5.82 Å². The van der Waals surface area contributed by atoms with Crippen molar-refractivity contribution in [3.05, 3.63) is 12.1 Å². The van der Waals surface area contributed by atoms with E-state index in [2.05, 4.69) is 68.8 Å². The van der Waals surface area contributed by atoms with Gasteiger partial charge in [-0.3, -0.25) is 4.90 Å². The molecule has 1 aliphatic rings. The molecule has 0 saturated carbocycles. The Morgan fingerprint density at radius 1 is 1.00 bits per heavy atom. The lowest BCUT2D eigenvalue weighted by atomic mass is 10.0. The van der Waals surface area contributed by atoms with Crippen LogP contribution in [0.5, 0.6) is 5.88 Å². The molecule has 1 saturated heterocycles. The number of aromatic nitrogens is 1. The molecule has 0 aliphatic carbocycles. The minimum Gasteiger partial charge on any atom is -0.479 e. The molecule has 0 radical (unpaired) electrons. The van der Waals surface area contributed by atoms with Gasteiger partial charge < -0.3 is 15.0 Å². The van der Waals surface area contributed by atoms with Crippen LogP contribution in [0.15, 0.2) is 12.1 Å². The Labute approximate surface area is 141 Å². The first-order valence-corrected chi connectivity index (χ1v) is 8.43. The maximum Gasteiger partial charge on any atom is 0.239 e. The Balaban J connectivity index is 2.10. The zero-order chi connectivity index (χ0) is 17.3. The third kappa shape index (κ3) is 4.74. The molecule has 1 aromatic heterocycles. The molecule has 0 aromatic carbocycles. The van der Waals surface area contributed by atoms with Gasteiger partial charge in [-0.25, -0.2) is 0 Å². The monoisotopic (exact) mass is 320 g/mol. The number of methoxy groups -OCH3 is 1. The smallest absolute Gasteiger partial charge is 0.239 e. The van der Waals surface area contributed by atoms with Gasteiger partial charge >= 0.3 is 0 Å². The van der Waals surface area contributed by atoms with Crippen LogP contribution in [0.25, 0.3) is 0 Å². The molecule has 2 rings (SSSR count). The number of ether oxygens (including phenoxy) is 1. The van der Waals surface area contributed by atoms with Gasteiger partial charge in [-0.1, -0.05) is 0 Å². The summed E-state index contributed by atoms with van der Waals surface area (Å²) in [6.45, 7) is 17.3. The summed E-state index contributed by atoms with van der Waals surface area (Å²) in [6, 6.07) is 4.16. The maximum atomic E-state index is 5.49. The summed E-state index contributed by atoms with van der Waals surface area (Å²) in [5.74, 6) is 1.66. The molecular weight excluding hydrogens is 288 g/mol. The average molecular weight is 320 g/mol. The highest BCUT2D eigenvalue weighted by Crippen LogP contribution is 2.29. The van der Waals surface area contributed by atoms with Crippen LogP contribution in [-0.4, -0.2) is 54.3 Å². The van der Waals surface area contributed by atoms with Crippen LogP contribution in [0, 0.1) is 0 Å². The van der Waals surface area contributed by atoms with Crippen molar-refractivity contribution in [2.24, 2.45) is 0 Å². The first-order valence-electron chi connectivity index (χ1n) is 8.43. The van der Waals surface area contributed by atoms with Crippen molar-refractivity contribution in [3.8, 4) is 5.88 Å². The molecule has 5 nitrogen and oxygen atoms in total. The molecule has 0 spiro atoms. The van der Waals surface area contributed by atoms with E-state index in [1.807, 2.05) is 0 Å². The van der Waals surface area contributed by atoms with Crippen molar-refractivity contribution < 1.29 is 4.74 Å². The van der Waals surface area contributed by atoms with Gasteiger partial charge in [0.05, 0.1) is 12.8 Å². The van der Waals surface area contributed by atoms with Crippen LogP contribution in [0.2, 0.25) is 0 Å². The van der Waals surface area contributed by atoms with Gasteiger partial charge in [0.25, 0.3) is 0 Å². The molecule has 2 heterocycles. The Morgan fingerprint density at radius 3 is 2.09 bits per heavy atom. The number of rotatable bonds is 3. The molecule has 5 heteroatoms. The second-order valence-corrected chi connectivity index (χ2v) is 8.25. The van der Waals surface area contributed by atoms with Gasteiger partial charge in [-0.2, -0.15) is 4.98 Å². The third-order valence-electron chi connectivity index (χ3n) is 4.10. The van der Waals surface area contributed by atoms with E-state index in [-0.39, 0.29) is 11.1 Å². The molecule has 0 unspecified atom stereocenters. The highest BCUT2D eigenvalue weighted by Gasteiger charge is 2.26. The summed E-state index contributed by atoms with van der Waals surface area (Å²) in [7, 11) is 1.68. The van der Waals surface area contributed by atoms with Crippen LogP contribution >= 0.6 is 0 Å². The predicted octanol–water partition coefficient (Wildman–Crippen LogP) is 3.22. The number of pyridine rings is 1. The highest BCUT2D eigenvalue weighted by atomic mass is 16.5. The van der Waals surface area contributed by atoms with E-state index in [9.17, 15) is 0 Å². The van der Waals surface area contributed by atoms with Crippen LogP contribution in [-0.2, 0) is 0 Å². The molecule has 0 atom stereocenters. The number of nitrogens with zero attached hydrogens (tertiary/aromatic N) is 3. The van der Waals surface area contributed by atoms with Crippen LogP contribution in [0.1, 0.15) is 41.5 Å². The number of nitrogens with one attached hydrogen (secondary N) is 1. The fraction of sp³-hybridized carbons (Fsp3) is 0.722. The maximum absolute atomic E-state index is 5.49. The Hall–Kier alpha value is -1.49. The Morgan fingerprint density at radius 2 is 1.61 bits per heavy atom. The van der Waals surface area contributed by atoms with Crippen molar-refractivity contribution in [1.82, 2.24) is 9.88 Å². The summed E-state index contributed by atoms with van der Waals surface area (Å²) in [5, 5.41) is 3.44. The van der Waals surface area contributed by atoms with E-state index in [1.54, 1.807) is 7.11 Å². The molecule has 1 aliphatic heterocycles. The quantitative estimate of drug-likeness (QED) is 0.926. The largest absolute Gasteiger partial charge is 0.479 e. The lowest BCUT2D eigenvalue weighted by Gasteiger charge is -2.42. The van der Waals surface area contributed by atoms with Gasteiger partial charge in [0, 0.05) is 37.3 Å². The van der Waals surface area contributed by atoms with Crippen molar-refractivity contribution in [2.45, 2.75) is 52.6 Å². The molecule has 1 N–H and O–H groups in total. The lowest BCUT2D eigenvalue weighted by molar-refractivity contribution is 0.128. The molecule has 0 amide bonds. The second kappa shape index (κ2) is 6.56. The Kier molecular flexibility index (Phi) is 5.09. The van der Waals surface area contributed by atoms with Gasteiger partial charge in [-0.05, 0) is 53.7 Å². The van der Waals surface area contributed by atoms with E-state index in [4.69, 9.17) is 9.72 Å². The minimum absolute atomic E-state index is 0.0190. The minimum atomic E-state index is -0.0190. The Bertz CT molecular complexity index is 523. The van der Waals surface area contributed by atoms with E-state index in [0.717, 1.165) is 37.7 Å². The number of hydrogen-bond acceptors (Lipinski definition) is 5. The number of piperazine rings is 1. The second-order valence-electron chi connectivity index (χ2n) is 8.25. The number of hydrogen-bond donors (Lipinski definition) is 1. The summed E-state index contributed by atoms with van der Waals surface area (Å²) in [4.78, 5) is 9.57. The van der Waals surface area contributed by atoms with Gasteiger partial charge in [-0.15, -0.1) is 0 Å². The first kappa shape index (κ1) is 17.9. The molecule has 0 bridgehead atoms. The summed E-state index contributed by atoms with van der Waals surface area (Å²) in [5.41, 5.74) is 1.16. The van der Waals surface area contributed by atoms with Crippen molar-refractivity contribution in [1.29, 1.82) is 0 Å². The van der Waals surface area contributed by atoms with Gasteiger partial charge in [0.15, 0.2) is 0 Å². The lowest BCUT2D eigenvalue weighted by Crippen LogP contribution is -2.53. The van der Waals surface area contributed by atoms with Crippen molar-refractivity contribution >= 4 is 11.5 Å². The normalized spacial score (nSPS) is 17.3. The topological polar surface area (TPSA) is 40.6 Å². The summed E-state index contributed by atoms with van der Waals surface area (Å²) < 4.78 is 5.49. The van der Waals surface area contributed by atoms with Crippen LogP contribution in [0.3, 0.4) is 0 Å². The van der Waals surface area contributed by atoms with Crippen LogP contribution < -0.4 is 15.0 Å². The van der Waals surface area contributed by atoms with E-state index < -0.39 is 0 Å². The van der Waals surface area contributed by atoms with Gasteiger partial charge in [0.2, 0.25) is 5.88 Å². The highest BCUT2D eigenvalue weighted by molar-refractivity contribution is 5.59. The SMILES string of the molecule is COc1nc(N2CCN(C(C)(C)C)CC2)ccc1NC(C)(C)C. The van der Waals surface area contributed by atoms with E-state index in [0.29, 0.717) is 5.88 Å². The zero-order valence-electron chi connectivity index (χ0n) is 15.7. The summed E-state index contributed by atoms with van der Waals surface area (Å²) >= 11 is 0. The molecule has 23 heavy (non-hydrogen) atoms. The van der Waals surface area contributed by atoms with Crippen molar-refractivity contribution in [2.75, 3.05) is 43.5 Å².